The molecule has 26 heavy (non-hydrogen) atoms. The smallest absolute Gasteiger partial charge is 0.213 e. The third kappa shape index (κ3) is 8.22. The highest BCUT2D eigenvalue weighted by Gasteiger charge is 2.14. The first-order valence-corrected chi connectivity index (χ1v) is 10.4. The Morgan fingerprint density at radius 2 is 1.85 bits per heavy atom. The van der Waals surface area contributed by atoms with Gasteiger partial charge in [0.15, 0.2) is 5.96 Å². The van der Waals surface area contributed by atoms with Gasteiger partial charge in [0.25, 0.3) is 0 Å². The molecule has 1 aromatic carbocycles. The third-order valence-corrected chi connectivity index (χ3v) is 5.96. The van der Waals surface area contributed by atoms with Crippen LogP contribution in [0.3, 0.4) is 0 Å². The maximum absolute atomic E-state index is 11.7. The van der Waals surface area contributed by atoms with E-state index in [1.54, 1.807) is 14.0 Å². The number of guanidine groups is 1. The van der Waals surface area contributed by atoms with Crippen molar-refractivity contribution in [3.05, 3.63) is 35.4 Å². The van der Waals surface area contributed by atoms with E-state index in [1.165, 1.54) is 15.4 Å². The zero-order valence-corrected chi connectivity index (χ0v) is 19.7. The molecule has 0 aliphatic heterocycles. The standard InChI is InChI=1S/C18H32N4O2S.HI/c1-6-19-18(20-13-10-14-22(5)25(23,24)7-2)21(4)15-17-12-9-8-11-16(17)3;/h8-9,11-12H,6-7,10,13-15H2,1-5H3,(H,19,20);1H. The molecule has 0 spiro atoms. The van der Waals surface area contributed by atoms with Gasteiger partial charge in [-0.1, -0.05) is 24.3 Å². The summed E-state index contributed by atoms with van der Waals surface area (Å²) in [6.07, 6.45) is 0.697. The molecule has 0 aliphatic carbocycles. The Morgan fingerprint density at radius 3 is 2.42 bits per heavy atom. The molecule has 0 bridgehead atoms. The van der Waals surface area contributed by atoms with Crippen molar-refractivity contribution in [3.63, 3.8) is 0 Å². The number of hydrogen-bond donors (Lipinski definition) is 1. The monoisotopic (exact) mass is 496 g/mol. The summed E-state index contributed by atoms with van der Waals surface area (Å²) in [5.74, 6) is 0.973. The molecule has 0 fully saturated rings. The fourth-order valence-electron chi connectivity index (χ4n) is 2.43. The quantitative estimate of drug-likeness (QED) is 0.247. The van der Waals surface area contributed by atoms with Crippen molar-refractivity contribution in [2.24, 2.45) is 4.99 Å². The highest BCUT2D eigenvalue weighted by molar-refractivity contribution is 14.0. The number of rotatable bonds is 9. The molecule has 0 aromatic heterocycles. The van der Waals surface area contributed by atoms with Gasteiger partial charge in [0.05, 0.1) is 5.75 Å². The molecule has 1 rings (SSSR count). The van der Waals surface area contributed by atoms with Crippen molar-refractivity contribution in [1.82, 2.24) is 14.5 Å². The minimum Gasteiger partial charge on any atom is -0.357 e. The van der Waals surface area contributed by atoms with Crippen molar-refractivity contribution in [2.45, 2.75) is 33.7 Å². The summed E-state index contributed by atoms with van der Waals surface area (Å²) in [4.78, 5) is 6.72. The predicted molar refractivity (Wildman–Crippen MR) is 121 cm³/mol. The lowest BCUT2D eigenvalue weighted by atomic mass is 10.1. The van der Waals surface area contributed by atoms with E-state index in [4.69, 9.17) is 0 Å². The van der Waals surface area contributed by atoms with E-state index < -0.39 is 10.0 Å². The van der Waals surface area contributed by atoms with E-state index in [2.05, 4.69) is 34.3 Å². The second kappa shape index (κ2) is 12.5. The van der Waals surface area contributed by atoms with Crippen LogP contribution in [-0.2, 0) is 16.6 Å². The summed E-state index contributed by atoms with van der Waals surface area (Å²) < 4.78 is 24.9. The molecule has 0 saturated carbocycles. The topological polar surface area (TPSA) is 65.0 Å². The molecule has 0 saturated heterocycles. The van der Waals surface area contributed by atoms with Gasteiger partial charge in [-0.3, -0.25) is 4.99 Å². The summed E-state index contributed by atoms with van der Waals surface area (Å²) in [5.41, 5.74) is 2.53. The molecule has 0 unspecified atom stereocenters. The normalized spacial score (nSPS) is 12.0. The van der Waals surface area contributed by atoms with E-state index in [0.717, 1.165) is 19.0 Å². The molecule has 8 heteroatoms. The molecule has 1 aromatic rings. The van der Waals surface area contributed by atoms with Gasteiger partial charge in [-0.05, 0) is 38.3 Å². The van der Waals surface area contributed by atoms with E-state index in [1.807, 2.05) is 26.1 Å². The first-order valence-electron chi connectivity index (χ1n) is 8.79. The second-order valence-corrected chi connectivity index (χ2v) is 8.46. The summed E-state index contributed by atoms with van der Waals surface area (Å²) in [6.45, 7) is 8.46. The Labute approximate surface area is 176 Å². The van der Waals surface area contributed by atoms with Crippen LogP contribution in [0.4, 0.5) is 0 Å². The van der Waals surface area contributed by atoms with Crippen molar-refractivity contribution in [2.75, 3.05) is 39.5 Å². The predicted octanol–water partition coefficient (Wildman–Crippen LogP) is 2.68. The number of hydrogen-bond acceptors (Lipinski definition) is 3. The van der Waals surface area contributed by atoms with Crippen LogP contribution in [0.15, 0.2) is 29.3 Å². The lowest BCUT2D eigenvalue weighted by Gasteiger charge is -2.23. The van der Waals surface area contributed by atoms with Crippen LogP contribution < -0.4 is 5.32 Å². The van der Waals surface area contributed by atoms with Crippen molar-refractivity contribution >= 4 is 40.0 Å². The molecule has 1 N–H and O–H groups in total. The summed E-state index contributed by atoms with van der Waals surface area (Å²) in [5, 5.41) is 3.30. The van der Waals surface area contributed by atoms with Gasteiger partial charge in [-0.2, -0.15) is 0 Å². The second-order valence-electron chi connectivity index (χ2n) is 6.09. The van der Waals surface area contributed by atoms with Crippen LogP contribution in [-0.4, -0.2) is 63.1 Å². The van der Waals surface area contributed by atoms with Crippen LogP contribution in [0.2, 0.25) is 0 Å². The van der Waals surface area contributed by atoms with Gasteiger partial charge in [0.2, 0.25) is 10.0 Å². The van der Waals surface area contributed by atoms with Gasteiger partial charge in [0, 0.05) is 40.3 Å². The lowest BCUT2D eigenvalue weighted by molar-refractivity contribution is 0.458. The Bertz CT molecular complexity index is 665. The minimum absolute atomic E-state index is 0. The highest BCUT2D eigenvalue weighted by atomic mass is 127. The Morgan fingerprint density at radius 1 is 1.19 bits per heavy atom. The molecule has 0 aliphatic rings. The van der Waals surface area contributed by atoms with Gasteiger partial charge < -0.3 is 10.2 Å². The molecule has 150 valence electrons. The molecule has 6 nitrogen and oxygen atoms in total. The molecule has 0 atom stereocenters. The van der Waals surface area contributed by atoms with Crippen LogP contribution in [0.5, 0.6) is 0 Å². The van der Waals surface area contributed by atoms with E-state index in [-0.39, 0.29) is 29.7 Å². The number of nitrogens with zero attached hydrogens (tertiary/aromatic N) is 3. The van der Waals surface area contributed by atoms with Crippen LogP contribution in [0, 0.1) is 6.92 Å². The Kier molecular flexibility index (Phi) is 12.1. The molecular formula is C18H33IN4O2S. The van der Waals surface area contributed by atoms with Gasteiger partial charge in [-0.25, -0.2) is 12.7 Å². The largest absolute Gasteiger partial charge is 0.357 e. The summed E-state index contributed by atoms with van der Waals surface area (Å²) in [7, 11) is 0.526. The Balaban J connectivity index is 0.00000625. The number of aryl methyl sites for hydroxylation is 1. The van der Waals surface area contributed by atoms with Crippen LogP contribution in [0.1, 0.15) is 31.4 Å². The summed E-state index contributed by atoms with van der Waals surface area (Å²) >= 11 is 0. The van der Waals surface area contributed by atoms with E-state index >= 15 is 0 Å². The zero-order chi connectivity index (χ0) is 18.9. The average molecular weight is 496 g/mol. The molecule has 0 amide bonds. The minimum atomic E-state index is -3.11. The van der Waals surface area contributed by atoms with Crippen molar-refractivity contribution in [3.8, 4) is 0 Å². The first kappa shape index (κ1) is 25.1. The third-order valence-electron chi connectivity index (χ3n) is 4.10. The average Bonchev–Trinajstić information content (AvgIpc) is 2.59. The van der Waals surface area contributed by atoms with E-state index in [0.29, 0.717) is 19.5 Å². The fourth-order valence-corrected chi connectivity index (χ4v) is 3.27. The number of aliphatic imine (C=N–C) groups is 1. The van der Waals surface area contributed by atoms with Gasteiger partial charge >= 0.3 is 0 Å². The van der Waals surface area contributed by atoms with Crippen LogP contribution >= 0.6 is 24.0 Å². The van der Waals surface area contributed by atoms with Crippen molar-refractivity contribution < 1.29 is 8.42 Å². The Hall–Kier alpha value is -0.870. The highest BCUT2D eigenvalue weighted by Crippen LogP contribution is 2.09. The SMILES string of the molecule is CCNC(=NCCCN(C)S(=O)(=O)CC)N(C)Cc1ccccc1C.I. The van der Waals surface area contributed by atoms with E-state index in [9.17, 15) is 8.42 Å². The number of halogens is 1. The summed E-state index contributed by atoms with van der Waals surface area (Å²) in [6, 6.07) is 8.32. The number of sulfonamides is 1. The van der Waals surface area contributed by atoms with Crippen molar-refractivity contribution in [1.29, 1.82) is 0 Å². The van der Waals surface area contributed by atoms with Gasteiger partial charge in [-0.15, -0.1) is 24.0 Å². The van der Waals surface area contributed by atoms with Crippen LogP contribution in [0.25, 0.3) is 0 Å². The fraction of sp³-hybridized carbons (Fsp3) is 0.611. The lowest BCUT2D eigenvalue weighted by Crippen LogP contribution is -2.38. The molecule has 0 heterocycles. The zero-order valence-electron chi connectivity index (χ0n) is 16.5. The van der Waals surface area contributed by atoms with Gasteiger partial charge in [0.1, 0.15) is 0 Å². The maximum atomic E-state index is 11.7. The number of nitrogens with one attached hydrogen (secondary N) is 1. The number of benzene rings is 1. The maximum Gasteiger partial charge on any atom is 0.213 e. The molecule has 0 radical (unpaired) electrons. The first-order chi connectivity index (χ1) is 11.8. The molecular weight excluding hydrogens is 463 g/mol.